The molecule has 3 N–H and O–H groups in total. The first kappa shape index (κ1) is 64.1. The molecule has 66 heavy (non-hydrogen) atoms. The molecule has 6 nitrogen and oxygen atoms in total. The van der Waals surface area contributed by atoms with E-state index in [1.165, 1.54) is 186 Å². The van der Waals surface area contributed by atoms with E-state index < -0.39 is 12.1 Å². The first-order valence-corrected chi connectivity index (χ1v) is 29.2. The molecule has 0 aliphatic heterocycles. The molecule has 0 heterocycles. The van der Waals surface area contributed by atoms with Crippen LogP contribution in [-0.2, 0) is 14.3 Å². The fourth-order valence-electron chi connectivity index (χ4n) is 8.90. The Morgan fingerprint density at radius 1 is 0.424 bits per heavy atom. The Morgan fingerprint density at radius 2 is 0.758 bits per heavy atom. The molecule has 0 radical (unpaired) electrons. The van der Waals surface area contributed by atoms with Crippen molar-refractivity contribution >= 4 is 11.9 Å². The maximum absolute atomic E-state index is 12.5. The van der Waals surface area contributed by atoms with Gasteiger partial charge in [-0.3, -0.25) is 9.59 Å². The third-order valence-corrected chi connectivity index (χ3v) is 13.4. The summed E-state index contributed by atoms with van der Waals surface area (Å²) in [6.07, 6.45) is 68.5. The lowest BCUT2D eigenvalue weighted by molar-refractivity contribution is -0.143. The number of amides is 1. The fourth-order valence-corrected chi connectivity index (χ4v) is 8.90. The molecule has 0 rings (SSSR count). The molecule has 1 amide bonds. The van der Waals surface area contributed by atoms with E-state index >= 15 is 0 Å². The number of hydrogen-bond acceptors (Lipinski definition) is 5. The summed E-state index contributed by atoms with van der Waals surface area (Å²) in [5.74, 6) is -0.119. The number of carbonyl (C=O) groups is 2. The summed E-state index contributed by atoms with van der Waals surface area (Å²) >= 11 is 0. The van der Waals surface area contributed by atoms with Crippen molar-refractivity contribution in [1.29, 1.82) is 0 Å². The third-order valence-electron chi connectivity index (χ3n) is 13.4. The Kier molecular flexibility index (Phi) is 54.1. The largest absolute Gasteiger partial charge is 0.466 e. The smallest absolute Gasteiger partial charge is 0.305 e. The van der Waals surface area contributed by atoms with Crippen LogP contribution < -0.4 is 5.32 Å². The predicted molar refractivity (Wildman–Crippen MR) is 287 cm³/mol. The second kappa shape index (κ2) is 55.7. The number of rotatable bonds is 54. The third kappa shape index (κ3) is 51.5. The normalized spacial score (nSPS) is 12.8. The van der Waals surface area contributed by atoms with Crippen LogP contribution in [-0.4, -0.2) is 47.4 Å². The van der Waals surface area contributed by atoms with Crippen LogP contribution in [0.15, 0.2) is 36.5 Å². The van der Waals surface area contributed by atoms with E-state index in [-0.39, 0.29) is 18.5 Å². The standard InChI is InChI=1S/C60H113NO5/c1-3-5-7-9-11-13-15-17-19-21-22-23-24-25-26-27-28-30-32-36-40-44-48-52-58(63)57(56-62)61-59(64)53-49-45-41-37-34-35-39-43-47-51-55-66-60(65)54-50-46-42-38-33-31-29-20-18-16-14-12-10-8-6-4-2/h14,16,20,29,35,39,57-58,62-63H,3-13,15,17-19,21-28,30-34,36-38,40-56H2,1-2H3,(H,61,64)/b16-14-,29-20-,39-35-. The zero-order chi connectivity index (χ0) is 47.9. The molecule has 0 aliphatic carbocycles. The quantitative estimate of drug-likeness (QED) is 0.0321. The highest BCUT2D eigenvalue weighted by Crippen LogP contribution is 2.17. The number of esters is 1. The molecule has 0 bridgehead atoms. The molecule has 2 unspecified atom stereocenters. The topological polar surface area (TPSA) is 95.9 Å². The summed E-state index contributed by atoms with van der Waals surface area (Å²) in [4.78, 5) is 24.5. The molecule has 2 atom stereocenters. The highest BCUT2D eigenvalue weighted by Gasteiger charge is 2.20. The van der Waals surface area contributed by atoms with E-state index in [1.54, 1.807) is 0 Å². The Morgan fingerprint density at radius 3 is 1.18 bits per heavy atom. The van der Waals surface area contributed by atoms with Crippen LogP contribution in [0.25, 0.3) is 0 Å². The van der Waals surface area contributed by atoms with E-state index in [4.69, 9.17) is 4.74 Å². The van der Waals surface area contributed by atoms with Crippen LogP contribution in [0.4, 0.5) is 0 Å². The molecule has 0 aromatic heterocycles. The lowest BCUT2D eigenvalue weighted by atomic mass is 10.0. The number of allylic oxidation sites excluding steroid dienone is 6. The highest BCUT2D eigenvalue weighted by atomic mass is 16.5. The van der Waals surface area contributed by atoms with Crippen molar-refractivity contribution in [2.45, 2.75) is 321 Å². The number of nitrogens with one attached hydrogen (secondary N) is 1. The predicted octanol–water partition coefficient (Wildman–Crippen LogP) is 18.0. The summed E-state index contributed by atoms with van der Waals surface area (Å²) in [5, 5.41) is 23.3. The molecule has 0 aliphatic rings. The van der Waals surface area contributed by atoms with Gasteiger partial charge in [0.1, 0.15) is 0 Å². The summed E-state index contributed by atoms with van der Waals surface area (Å²) < 4.78 is 5.44. The van der Waals surface area contributed by atoms with Gasteiger partial charge < -0.3 is 20.3 Å². The molecule has 0 fully saturated rings. The fraction of sp³-hybridized carbons (Fsp3) is 0.867. The van der Waals surface area contributed by atoms with Gasteiger partial charge in [0.15, 0.2) is 0 Å². The monoisotopic (exact) mass is 928 g/mol. The van der Waals surface area contributed by atoms with Gasteiger partial charge in [0.25, 0.3) is 0 Å². The Hall–Kier alpha value is -1.92. The summed E-state index contributed by atoms with van der Waals surface area (Å²) in [7, 11) is 0. The van der Waals surface area contributed by atoms with Gasteiger partial charge in [0, 0.05) is 12.8 Å². The molecule has 0 saturated heterocycles. The second-order valence-electron chi connectivity index (χ2n) is 20.0. The van der Waals surface area contributed by atoms with Gasteiger partial charge >= 0.3 is 5.97 Å². The zero-order valence-corrected chi connectivity index (χ0v) is 44.2. The summed E-state index contributed by atoms with van der Waals surface area (Å²) in [6.45, 7) is 4.85. The molecule has 0 spiro atoms. The van der Waals surface area contributed by atoms with Crippen LogP contribution in [0.1, 0.15) is 309 Å². The summed E-state index contributed by atoms with van der Waals surface area (Å²) in [5.41, 5.74) is 0. The molecule has 388 valence electrons. The van der Waals surface area contributed by atoms with E-state index in [9.17, 15) is 19.8 Å². The molecule has 0 aromatic rings. The van der Waals surface area contributed by atoms with Crippen LogP contribution in [0.5, 0.6) is 0 Å². The van der Waals surface area contributed by atoms with Crippen molar-refractivity contribution in [2.24, 2.45) is 0 Å². The Balaban J connectivity index is 3.52. The van der Waals surface area contributed by atoms with Gasteiger partial charge in [-0.05, 0) is 83.5 Å². The number of hydrogen-bond donors (Lipinski definition) is 3. The second-order valence-corrected chi connectivity index (χ2v) is 20.0. The molecule has 6 heteroatoms. The number of aliphatic hydroxyl groups is 2. The zero-order valence-electron chi connectivity index (χ0n) is 44.2. The number of unbranched alkanes of at least 4 members (excludes halogenated alkanes) is 37. The average molecular weight is 929 g/mol. The van der Waals surface area contributed by atoms with E-state index in [0.717, 1.165) is 89.9 Å². The van der Waals surface area contributed by atoms with Gasteiger partial charge in [0.05, 0.1) is 25.4 Å². The first-order valence-electron chi connectivity index (χ1n) is 29.2. The minimum atomic E-state index is -0.689. The van der Waals surface area contributed by atoms with Gasteiger partial charge in [-0.15, -0.1) is 0 Å². The van der Waals surface area contributed by atoms with Crippen molar-refractivity contribution < 1.29 is 24.5 Å². The molecular formula is C60H113NO5. The minimum Gasteiger partial charge on any atom is -0.466 e. The lowest BCUT2D eigenvalue weighted by Gasteiger charge is -2.22. The van der Waals surface area contributed by atoms with Gasteiger partial charge in [-0.2, -0.15) is 0 Å². The van der Waals surface area contributed by atoms with Crippen LogP contribution in [0.3, 0.4) is 0 Å². The van der Waals surface area contributed by atoms with E-state index in [0.29, 0.717) is 25.9 Å². The number of ether oxygens (including phenoxy) is 1. The molecular weight excluding hydrogens is 815 g/mol. The number of carbonyl (C=O) groups excluding carboxylic acids is 2. The first-order chi connectivity index (χ1) is 32.5. The van der Waals surface area contributed by atoms with Crippen LogP contribution in [0, 0.1) is 0 Å². The lowest BCUT2D eigenvalue weighted by Crippen LogP contribution is -2.45. The van der Waals surface area contributed by atoms with Crippen LogP contribution in [0.2, 0.25) is 0 Å². The van der Waals surface area contributed by atoms with Crippen LogP contribution >= 0.6 is 0 Å². The maximum atomic E-state index is 12.5. The van der Waals surface area contributed by atoms with Crippen molar-refractivity contribution in [3.63, 3.8) is 0 Å². The maximum Gasteiger partial charge on any atom is 0.305 e. The van der Waals surface area contributed by atoms with Crippen molar-refractivity contribution in [2.75, 3.05) is 13.2 Å². The van der Waals surface area contributed by atoms with Gasteiger partial charge in [-0.25, -0.2) is 0 Å². The van der Waals surface area contributed by atoms with Gasteiger partial charge in [0.2, 0.25) is 5.91 Å². The van der Waals surface area contributed by atoms with Gasteiger partial charge in [-0.1, -0.05) is 249 Å². The van der Waals surface area contributed by atoms with E-state index in [2.05, 4.69) is 55.6 Å². The average Bonchev–Trinajstić information content (AvgIpc) is 3.32. The molecule has 0 aromatic carbocycles. The van der Waals surface area contributed by atoms with Crippen molar-refractivity contribution in [3.05, 3.63) is 36.5 Å². The highest BCUT2D eigenvalue weighted by molar-refractivity contribution is 5.76. The Labute approximate surface area is 411 Å². The number of aliphatic hydroxyl groups excluding tert-OH is 2. The Bertz CT molecular complexity index is 1070. The van der Waals surface area contributed by atoms with E-state index in [1.807, 2.05) is 0 Å². The minimum absolute atomic E-state index is 0.0492. The summed E-state index contributed by atoms with van der Waals surface area (Å²) in [6, 6.07) is -0.569. The SMILES string of the molecule is CCCCCC/C=C\C/C=C\CCCCCCCC(=O)OCCCC/C=C\CCCCCCC(=O)NC(CO)C(O)CCCCCCCCCCCCCCCCCCCCCCCCC. The van der Waals surface area contributed by atoms with Crippen molar-refractivity contribution in [1.82, 2.24) is 5.32 Å². The van der Waals surface area contributed by atoms with Crippen molar-refractivity contribution in [3.8, 4) is 0 Å². The molecule has 0 saturated carbocycles.